The third kappa shape index (κ3) is 3.88. The number of rotatable bonds is 6. The lowest BCUT2D eigenvalue weighted by atomic mass is 10.1. The zero-order valence-corrected chi connectivity index (χ0v) is 20.0. The Kier molecular flexibility index (Phi) is 5.39. The van der Waals surface area contributed by atoms with Crippen LogP contribution in [0.2, 0.25) is 0 Å². The van der Waals surface area contributed by atoms with Crippen LogP contribution in [0, 0.1) is 5.82 Å². The molecule has 0 saturated carbocycles. The van der Waals surface area contributed by atoms with E-state index in [1.54, 1.807) is 19.1 Å². The monoisotopic (exact) mass is 493 g/mol. The average Bonchev–Trinajstić information content (AvgIpc) is 3.46. The van der Waals surface area contributed by atoms with E-state index in [1.165, 1.54) is 12.1 Å². The second kappa shape index (κ2) is 8.76. The van der Waals surface area contributed by atoms with Crippen molar-refractivity contribution < 1.29 is 14.3 Å². The second-order valence-electron chi connectivity index (χ2n) is 9.12. The molecule has 0 aliphatic carbocycles. The standard InChI is InChI=1S/C29H24FN5O2/c1-16(36)15-32-23-14-18(10-11-19(23)28(31)37)35-25-7-3-2-5-20(25)27-21(6-4-8-26(27)35)29-33-22-12-9-17(30)13-24(22)34-29/h2-14,16,32,36H,15H2,1H3,(H2,31,37)(H,33,34). The molecule has 4 aromatic carbocycles. The van der Waals surface area contributed by atoms with Gasteiger partial charge in [0.05, 0.1) is 33.7 Å². The number of primary amides is 1. The fourth-order valence-corrected chi connectivity index (χ4v) is 4.89. The summed E-state index contributed by atoms with van der Waals surface area (Å²) in [6, 6.07) is 24.0. The van der Waals surface area contributed by atoms with E-state index >= 15 is 0 Å². The maximum Gasteiger partial charge on any atom is 0.250 e. The maximum atomic E-state index is 13.8. The van der Waals surface area contributed by atoms with Crippen molar-refractivity contribution in [1.82, 2.24) is 14.5 Å². The van der Waals surface area contributed by atoms with Crippen LogP contribution >= 0.6 is 0 Å². The molecule has 5 N–H and O–H groups in total. The molecule has 37 heavy (non-hydrogen) atoms. The summed E-state index contributed by atoms with van der Waals surface area (Å²) in [5.74, 6) is -0.222. The lowest BCUT2D eigenvalue weighted by Crippen LogP contribution is -2.19. The Balaban J connectivity index is 1.60. The highest BCUT2D eigenvalue weighted by molar-refractivity contribution is 6.15. The van der Waals surface area contributed by atoms with E-state index in [2.05, 4.69) is 20.9 Å². The Morgan fingerprint density at radius 3 is 2.70 bits per heavy atom. The van der Waals surface area contributed by atoms with E-state index in [9.17, 15) is 14.3 Å². The first kappa shape index (κ1) is 22.8. The summed E-state index contributed by atoms with van der Waals surface area (Å²) in [6.45, 7) is 1.94. The molecule has 0 aliphatic rings. The van der Waals surface area contributed by atoms with E-state index in [0.29, 0.717) is 28.1 Å². The number of anilines is 1. The number of halogens is 1. The van der Waals surface area contributed by atoms with Crippen molar-refractivity contribution >= 4 is 44.4 Å². The maximum absolute atomic E-state index is 13.8. The van der Waals surface area contributed by atoms with Gasteiger partial charge < -0.3 is 25.7 Å². The summed E-state index contributed by atoms with van der Waals surface area (Å²) >= 11 is 0. The predicted molar refractivity (Wildman–Crippen MR) is 145 cm³/mol. The molecule has 0 bridgehead atoms. The topological polar surface area (TPSA) is 109 Å². The van der Waals surface area contributed by atoms with Crippen LogP contribution in [-0.2, 0) is 0 Å². The molecule has 1 unspecified atom stereocenters. The van der Waals surface area contributed by atoms with Gasteiger partial charge in [-0.3, -0.25) is 4.79 Å². The number of amides is 1. The number of hydrogen-bond donors (Lipinski definition) is 4. The quantitative estimate of drug-likeness (QED) is 0.251. The van der Waals surface area contributed by atoms with Gasteiger partial charge in [-0.2, -0.15) is 0 Å². The summed E-state index contributed by atoms with van der Waals surface area (Å²) in [7, 11) is 0. The zero-order chi connectivity index (χ0) is 25.7. The molecular weight excluding hydrogens is 469 g/mol. The summed E-state index contributed by atoms with van der Waals surface area (Å²) in [5, 5.41) is 14.9. The highest BCUT2D eigenvalue weighted by Crippen LogP contribution is 2.38. The molecule has 0 aliphatic heterocycles. The second-order valence-corrected chi connectivity index (χ2v) is 9.12. The predicted octanol–water partition coefficient (Wildman–Crippen LogP) is 5.36. The normalized spacial score (nSPS) is 12.4. The molecule has 6 rings (SSSR count). The number of nitrogens with two attached hydrogens (primary N) is 1. The Morgan fingerprint density at radius 2 is 1.89 bits per heavy atom. The number of aliphatic hydroxyl groups excluding tert-OH is 1. The zero-order valence-electron chi connectivity index (χ0n) is 20.0. The number of fused-ring (bicyclic) bond motifs is 4. The number of para-hydroxylation sites is 1. The number of carbonyl (C=O) groups is 1. The van der Waals surface area contributed by atoms with Crippen molar-refractivity contribution in [3.05, 3.63) is 90.2 Å². The minimum Gasteiger partial charge on any atom is -0.392 e. The van der Waals surface area contributed by atoms with Crippen LogP contribution in [0.3, 0.4) is 0 Å². The molecule has 8 heteroatoms. The first-order chi connectivity index (χ1) is 17.9. The Hall–Kier alpha value is -4.69. The Morgan fingerprint density at radius 1 is 1.08 bits per heavy atom. The molecular formula is C29H24FN5O2. The number of H-pyrrole nitrogens is 1. The molecule has 1 atom stereocenters. The van der Waals surface area contributed by atoms with E-state index in [-0.39, 0.29) is 12.4 Å². The molecule has 2 heterocycles. The summed E-state index contributed by atoms with van der Waals surface area (Å²) in [4.78, 5) is 20.1. The van der Waals surface area contributed by atoms with Crippen molar-refractivity contribution in [3.63, 3.8) is 0 Å². The van der Waals surface area contributed by atoms with E-state index in [1.807, 2.05) is 48.5 Å². The number of benzene rings is 4. The average molecular weight is 494 g/mol. The van der Waals surface area contributed by atoms with Crippen molar-refractivity contribution in [3.8, 4) is 17.1 Å². The summed E-state index contributed by atoms with van der Waals surface area (Å²) in [6.07, 6.45) is -0.600. The number of carbonyl (C=O) groups excluding carboxylic acids is 1. The number of nitrogens with zero attached hydrogens (tertiary/aromatic N) is 2. The van der Waals surface area contributed by atoms with Crippen molar-refractivity contribution in [1.29, 1.82) is 0 Å². The van der Waals surface area contributed by atoms with Crippen LogP contribution in [0.1, 0.15) is 17.3 Å². The van der Waals surface area contributed by atoms with Crippen LogP contribution in [0.4, 0.5) is 10.1 Å². The highest BCUT2D eigenvalue weighted by atomic mass is 19.1. The smallest absolute Gasteiger partial charge is 0.250 e. The summed E-state index contributed by atoms with van der Waals surface area (Å²) < 4.78 is 15.9. The van der Waals surface area contributed by atoms with Gasteiger partial charge in [0.1, 0.15) is 11.6 Å². The van der Waals surface area contributed by atoms with Gasteiger partial charge in [0.2, 0.25) is 0 Å². The first-order valence-corrected chi connectivity index (χ1v) is 11.9. The van der Waals surface area contributed by atoms with Gasteiger partial charge in [0, 0.05) is 34.3 Å². The number of aliphatic hydroxyl groups is 1. The molecule has 2 aromatic heterocycles. The number of nitrogens with one attached hydrogen (secondary N) is 2. The van der Waals surface area contributed by atoms with Crippen molar-refractivity contribution in [2.75, 3.05) is 11.9 Å². The first-order valence-electron chi connectivity index (χ1n) is 11.9. The number of aromatic amines is 1. The molecule has 184 valence electrons. The molecule has 0 spiro atoms. The van der Waals surface area contributed by atoms with Gasteiger partial charge >= 0.3 is 0 Å². The van der Waals surface area contributed by atoms with Crippen LogP contribution in [0.5, 0.6) is 0 Å². The minimum atomic E-state index is -0.600. The third-order valence-corrected chi connectivity index (χ3v) is 6.51. The molecule has 1 amide bonds. The fourth-order valence-electron chi connectivity index (χ4n) is 4.89. The van der Waals surface area contributed by atoms with Gasteiger partial charge in [-0.05, 0) is 55.5 Å². The number of aromatic nitrogens is 3. The van der Waals surface area contributed by atoms with Crippen molar-refractivity contribution in [2.45, 2.75) is 13.0 Å². The largest absolute Gasteiger partial charge is 0.392 e. The molecule has 7 nitrogen and oxygen atoms in total. The Bertz CT molecular complexity index is 1820. The van der Waals surface area contributed by atoms with Gasteiger partial charge in [-0.1, -0.05) is 30.3 Å². The van der Waals surface area contributed by atoms with Gasteiger partial charge in [0.25, 0.3) is 5.91 Å². The molecule has 0 saturated heterocycles. The van der Waals surface area contributed by atoms with E-state index < -0.39 is 12.0 Å². The van der Waals surface area contributed by atoms with Gasteiger partial charge in [-0.15, -0.1) is 0 Å². The Labute approximate surface area is 211 Å². The van der Waals surface area contributed by atoms with Crippen molar-refractivity contribution in [2.24, 2.45) is 5.73 Å². The van der Waals surface area contributed by atoms with Crippen LogP contribution in [-0.4, -0.2) is 38.2 Å². The third-order valence-electron chi connectivity index (χ3n) is 6.51. The minimum absolute atomic E-state index is 0.272. The van der Waals surface area contributed by atoms with E-state index in [0.717, 1.165) is 33.1 Å². The van der Waals surface area contributed by atoms with Crippen LogP contribution in [0.25, 0.3) is 49.9 Å². The lowest BCUT2D eigenvalue weighted by molar-refractivity contribution is 0.100. The van der Waals surface area contributed by atoms with E-state index in [4.69, 9.17) is 10.7 Å². The SMILES string of the molecule is CC(O)CNc1cc(-n2c3ccccc3c3c(-c4nc5ccc(F)cc5[nH]4)cccc32)ccc1C(N)=O. The molecule has 6 aromatic rings. The molecule has 0 fully saturated rings. The van der Waals surface area contributed by atoms with Gasteiger partial charge in [0.15, 0.2) is 0 Å². The van der Waals surface area contributed by atoms with Gasteiger partial charge in [-0.25, -0.2) is 9.37 Å². The number of imidazole rings is 1. The van der Waals surface area contributed by atoms with Crippen LogP contribution < -0.4 is 11.1 Å². The highest BCUT2D eigenvalue weighted by Gasteiger charge is 2.19. The number of hydrogen-bond acceptors (Lipinski definition) is 4. The molecule has 0 radical (unpaired) electrons. The lowest BCUT2D eigenvalue weighted by Gasteiger charge is -2.15. The summed E-state index contributed by atoms with van der Waals surface area (Å²) in [5.41, 5.74) is 11.5. The fraction of sp³-hybridized carbons (Fsp3) is 0.103. The van der Waals surface area contributed by atoms with Crippen LogP contribution in [0.15, 0.2) is 78.9 Å².